The molecule has 0 saturated heterocycles. The molecule has 0 amide bonds. The molecule has 0 aromatic carbocycles. The highest BCUT2D eigenvalue weighted by atomic mass is 32.2. The lowest BCUT2D eigenvalue weighted by Crippen LogP contribution is -2.27. The van der Waals surface area contributed by atoms with Crippen LogP contribution in [0.3, 0.4) is 0 Å². The highest BCUT2D eigenvalue weighted by Crippen LogP contribution is 2.40. The largest absolute Gasteiger partial charge is 0.463 e. The summed E-state index contributed by atoms with van der Waals surface area (Å²) in [4.78, 5) is 16.5. The average molecular weight is 342 g/mol. The molecular weight excluding hydrogens is 328 g/mol. The topological polar surface area (TPSA) is 122 Å². The van der Waals surface area contributed by atoms with Crippen molar-refractivity contribution in [2.45, 2.75) is 12.8 Å². The summed E-state index contributed by atoms with van der Waals surface area (Å²) in [5.74, 6) is -1.12. The summed E-state index contributed by atoms with van der Waals surface area (Å²) in [5.41, 5.74) is 6.74. The van der Waals surface area contributed by atoms with Gasteiger partial charge < -0.3 is 15.2 Å². The van der Waals surface area contributed by atoms with E-state index in [9.17, 15) is 10.1 Å². The zero-order chi connectivity index (χ0) is 17.5. The molecular formula is C16H14N4O3S. The molecule has 122 valence electrons. The first-order valence-corrected chi connectivity index (χ1v) is 8.01. The van der Waals surface area contributed by atoms with Gasteiger partial charge in [-0.05, 0) is 30.3 Å². The van der Waals surface area contributed by atoms with Crippen molar-refractivity contribution in [1.29, 1.82) is 10.5 Å². The molecule has 0 fully saturated rings. The molecule has 1 aromatic rings. The van der Waals surface area contributed by atoms with Gasteiger partial charge in [0.25, 0.3) is 0 Å². The molecule has 0 spiro atoms. The lowest BCUT2D eigenvalue weighted by Gasteiger charge is -2.27. The van der Waals surface area contributed by atoms with Gasteiger partial charge in [-0.1, -0.05) is 6.07 Å². The fraction of sp³-hybridized carbons (Fsp3) is 0.250. The molecule has 24 heavy (non-hydrogen) atoms. The van der Waals surface area contributed by atoms with Crippen molar-refractivity contribution in [3.8, 4) is 11.5 Å². The van der Waals surface area contributed by atoms with Gasteiger partial charge in [0.2, 0.25) is 5.88 Å². The van der Waals surface area contributed by atoms with Crippen LogP contribution in [0.25, 0.3) is 0 Å². The number of pyridine rings is 1. The third kappa shape index (κ3) is 3.50. The van der Waals surface area contributed by atoms with Crippen LogP contribution in [0.5, 0.6) is 0 Å². The van der Waals surface area contributed by atoms with Crippen LogP contribution in [-0.2, 0) is 14.3 Å². The summed E-state index contributed by atoms with van der Waals surface area (Å²) < 4.78 is 10.6. The Labute approximate surface area is 143 Å². The number of nitrogens with zero attached hydrogens (tertiary/aromatic N) is 3. The first-order chi connectivity index (χ1) is 11.6. The number of nitriles is 2. The second kappa shape index (κ2) is 8.04. The van der Waals surface area contributed by atoms with Crippen molar-refractivity contribution in [3.63, 3.8) is 0 Å². The van der Waals surface area contributed by atoms with E-state index < -0.39 is 11.9 Å². The molecule has 8 heteroatoms. The maximum absolute atomic E-state index is 12.5. The molecule has 0 aliphatic carbocycles. The van der Waals surface area contributed by atoms with E-state index in [0.29, 0.717) is 5.56 Å². The number of aromatic nitrogens is 1. The highest BCUT2D eigenvalue weighted by molar-refractivity contribution is 8.03. The summed E-state index contributed by atoms with van der Waals surface area (Å²) in [6.07, 6.45) is 3.14. The number of thioether (sulfide) groups is 1. The van der Waals surface area contributed by atoms with Crippen molar-refractivity contribution in [2.75, 3.05) is 12.4 Å². The number of allylic oxidation sites excluding steroid dienone is 1. The van der Waals surface area contributed by atoms with Gasteiger partial charge in [0.05, 0.1) is 23.9 Å². The predicted molar refractivity (Wildman–Crippen MR) is 86.6 cm³/mol. The normalized spacial score (nSPS) is 16.9. The Morgan fingerprint density at radius 1 is 1.54 bits per heavy atom. The number of carbonyl (C=O) groups is 1. The Kier molecular flexibility index (Phi) is 5.83. The first-order valence-electron chi connectivity index (χ1n) is 7.02. The molecule has 1 aromatic heterocycles. The Balaban J connectivity index is 2.62. The fourth-order valence-corrected chi connectivity index (χ4v) is 2.75. The van der Waals surface area contributed by atoms with Crippen molar-refractivity contribution in [2.24, 2.45) is 5.73 Å². The zero-order valence-electron chi connectivity index (χ0n) is 12.9. The van der Waals surface area contributed by atoms with E-state index in [0.717, 1.165) is 11.8 Å². The summed E-state index contributed by atoms with van der Waals surface area (Å²) in [5, 5.41) is 20.2. The Bertz CT molecular complexity index is 775. The Morgan fingerprint density at radius 2 is 2.33 bits per heavy atom. The van der Waals surface area contributed by atoms with E-state index in [1.54, 1.807) is 31.5 Å². The van der Waals surface area contributed by atoms with E-state index >= 15 is 0 Å². The third-order valence-corrected chi connectivity index (χ3v) is 3.81. The van der Waals surface area contributed by atoms with Crippen molar-refractivity contribution in [3.05, 3.63) is 52.9 Å². The summed E-state index contributed by atoms with van der Waals surface area (Å²) in [6, 6.07) is 5.43. The van der Waals surface area contributed by atoms with Crippen LogP contribution < -0.4 is 5.73 Å². The van der Waals surface area contributed by atoms with E-state index in [-0.39, 0.29) is 35.1 Å². The molecule has 0 bridgehead atoms. The van der Waals surface area contributed by atoms with Crippen LogP contribution >= 0.6 is 11.8 Å². The maximum Gasteiger partial charge on any atom is 0.338 e. The summed E-state index contributed by atoms with van der Waals surface area (Å²) in [7, 11) is 0. The van der Waals surface area contributed by atoms with Crippen LogP contribution in [0.1, 0.15) is 18.4 Å². The van der Waals surface area contributed by atoms with E-state index in [4.69, 9.17) is 20.5 Å². The minimum absolute atomic E-state index is 0.0899. The molecule has 1 aliphatic rings. The lowest BCUT2D eigenvalue weighted by molar-refractivity contribution is -0.139. The van der Waals surface area contributed by atoms with Crippen LogP contribution in [0, 0.1) is 22.0 Å². The van der Waals surface area contributed by atoms with Gasteiger partial charge in [0.15, 0.2) is 0 Å². The first kappa shape index (κ1) is 17.4. The second-order valence-corrected chi connectivity index (χ2v) is 5.41. The van der Waals surface area contributed by atoms with Crippen molar-refractivity contribution >= 4 is 17.7 Å². The van der Waals surface area contributed by atoms with Crippen molar-refractivity contribution in [1.82, 2.24) is 4.98 Å². The summed E-state index contributed by atoms with van der Waals surface area (Å²) in [6.45, 7) is 1.85. The second-order valence-electron chi connectivity index (χ2n) is 4.65. The number of rotatable bonds is 5. The van der Waals surface area contributed by atoms with Gasteiger partial charge in [-0.15, -0.1) is 0 Å². The van der Waals surface area contributed by atoms with Crippen LogP contribution in [-0.4, -0.2) is 23.3 Å². The molecule has 0 radical (unpaired) electrons. The minimum atomic E-state index is -0.745. The van der Waals surface area contributed by atoms with Gasteiger partial charge in [0.1, 0.15) is 22.8 Å². The lowest BCUT2D eigenvalue weighted by atomic mass is 9.84. The number of ether oxygens (including phenoxy) is 2. The smallest absolute Gasteiger partial charge is 0.338 e. The highest BCUT2D eigenvalue weighted by Gasteiger charge is 2.37. The molecule has 0 saturated carbocycles. The number of thiocyanates is 1. The van der Waals surface area contributed by atoms with Crippen LogP contribution in [0.2, 0.25) is 0 Å². The third-order valence-electron chi connectivity index (χ3n) is 3.28. The van der Waals surface area contributed by atoms with Gasteiger partial charge in [0, 0.05) is 12.4 Å². The Morgan fingerprint density at radius 3 is 2.92 bits per heavy atom. The van der Waals surface area contributed by atoms with Gasteiger partial charge in [-0.25, -0.2) is 4.79 Å². The van der Waals surface area contributed by atoms with Gasteiger partial charge in [-0.2, -0.15) is 10.5 Å². The molecule has 2 heterocycles. The zero-order valence-corrected chi connectivity index (χ0v) is 13.7. The van der Waals surface area contributed by atoms with Gasteiger partial charge >= 0.3 is 5.97 Å². The standard InChI is InChI=1S/C16H14N4O3S/c1-2-22-16(21)14-12(8-24-9-18)23-15(19)11(6-17)13(14)10-4-3-5-20-7-10/h3-5,7,13H,2,8,19H2,1H3/t13-/m1/s1. The molecule has 0 unspecified atom stereocenters. The fourth-order valence-electron chi connectivity index (χ4n) is 2.34. The quantitative estimate of drug-likeness (QED) is 0.636. The Hall–Kier alpha value is -2.97. The van der Waals surface area contributed by atoms with Crippen LogP contribution in [0.15, 0.2) is 47.3 Å². The van der Waals surface area contributed by atoms with Gasteiger partial charge in [-0.3, -0.25) is 4.98 Å². The number of hydrogen-bond acceptors (Lipinski definition) is 8. The predicted octanol–water partition coefficient (Wildman–Crippen LogP) is 1.92. The van der Waals surface area contributed by atoms with E-state index in [2.05, 4.69) is 4.98 Å². The maximum atomic E-state index is 12.5. The average Bonchev–Trinajstić information content (AvgIpc) is 2.60. The number of carbonyl (C=O) groups excluding carboxylic acids is 1. The number of hydrogen-bond donors (Lipinski definition) is 1. The van der Waals surface area contributed by atoms with E-state index in [1.807, 2.05) is 11.5 Å². The summed E-state index contributed by atoms with van der Waals surface area (Å²) >= 11 is 0.900. The van der Waals surface area contributed by atoms with E-state index in [1.165, 1.54) is 0 Å². The monoisotopic (exact) mass is 342 g/mol. The molecule has 2 N–H and O–H groups in total. The SMILES string of the molecule is CCOC(=O)C1=C(CSC#N)OC(N)=C(C#N)[C@H]1c1cccnc1. The molecule has 1 atom stereocenters. The molecule has 7 nitrogen and oxygen atoms in total. The molecule has 1 aliphatic heterocycles. The number of nitrogens with two attached hydrogens (primary N) is 1. The minimum Gasteiger partial charge on any atom is -0.463 e. The molecule has 2 rings (SSSR count). The number of esters is 1. The van der Waals surface area contributed by atoms with Crippen molar-refractivity contribution < 1.29 is 14.3 Å². The van der Waals surface area contributed by atoms with Crippen LogP contribution in [0.4, 0.5) is 0 Å².